The van der Waals surface area contributed by atoms with Crippen molar-refractivity contribution in [2.45, 2.75) is 6.92 Å². The van der Waals surface area contributed by atoms with Crippen molar-refractivity contribution in [3.8, 4) is 0 Å². The molecule has 0 spiro atoms. The molecule has 0 fully saturated rings. The Morgan fingerprint density at radius 2 is 2.40 bits per heavy atom. The highest BCUT2D eigenvalue weighted by Gasteiger charge is 1.86. The van der Waals surface area contributed by atoms with Gasteiger partial charge < -0.3 is 5.32 Å². The van der Waals surface area contributed by atoms with E-state index in [2.05, 4.69) is 16.9 Å². The van der Waals surface area contributed by atoms with Crippen LogP contribution in [-0.4, -0.2) is 19.8 Å². The summed E-state index contributed by atoms with van der Waals surface area (Å²) in [6.45, 7) is 6.27. The number of allylic oxidation sites excluding steroid dienone is 2. The van der Waals surface area contributed by atoms with Gasteiger partial charge in [-0.15, -0.1) is 0 Å². The van der Waals surface area contributed by atoms with Gasteiger partial charge in [0.05, 0.1) is 5.70 Å². The molecular weight excluding hydrogens is 124 g/mol. The SMILES string of the molecule is C=C/C=C(/CNC)N=CC. The van der Waals surface area contributed by atoms with Gasteiger partial charge in [-0.3, -0.25) is 4.99 Å². The van der Waals surface area contributed by atoms with E-state index in [1.165, 1.54) is 0 Å². The highest BCUT2D eigenvalue weighted by Crippen LogP contribution is 1.92. The minimum Gasteiger partial charge on any atom is -0.314 e. The molecule has 0 heterocycles. The molecule has 2 nitrogen and oxygen atoms in total. The first-order valence-corrected chi connectivity index (χ1v) is 3.30. The molecule has 2 heteroatoms. The monoisotopic (exact) mass is 138 g/mol. The zero-order valence-electron chi connectivity index (χ0n) is 6.59. The minimum absolute atomic E-state index is 0.788. The van der Waals surface area contributed by atoms with E-state index < -0.39 is 0 Å². The fourth-order valence-corrected chi connectivity index (χ4v) is 0.631. The highest BCUT2D eigenvalue weighted by atomic mass is 14.9. The maximum Gasteiger partial charge on any atom is 0.0537 e. The first-order chi connectivity index (χ1) is 4.85. The summed E-state index contributed by atoms with van der Waals surface area (Å²) in [6.07, 6.45) is 5.39. The van der Waals surface area contributed by atoms with Gasteiger partial charge in [-0.1, -0.05) is 12.7 Å². The standard InChI is InChI=1S/C8H14N2/c1-4-6-8(7-9-3)10-5-2/h4-6,9H,1,7H2,2-3H3/b8-6-,10-5?. The van der Waals surface area contributed by atoms with Crippen molar-refractivity contribution in [2.75, 3.05) is 13.6 Å². The van der Waals surface area contributed by atoms with Crippen LogP contribution in [0.2, 0.25) is 0 Å². The van der Waals surface area contributed by atoms with Gasteiger partial charge in [-0.2, -0.15) is 0 Å². The van der Waals surface area contributed by atoms with E-state index in [1.54, 1.807) is 12.3 Å². The van der Waals surface area contributed by atoms with Crippen molar-refractivity contribution < 1.29 is 0 Å². The summed E-state index contributed by atoms with van der Waals surface area (Å²) in [7, 11) is 1.89. The Hall–Kier alpha value is -0.890. The van der Waals surface area contributed by atoms with E-state index in [4.69, 9.17) is 0 Å². The van der Waals surface area contributed by atoms with Gasteiger partial charge in [0.25, 0.3) is 0 Å². The van der Waals surface area contributed by atoms with Crippen LogP contribution in [0.3, 0.4) is 0 Å². The van der Waals surface area contributed by atoms with E-state index in [0.717, 1.165) is 12.2 Å². The Bertz CT molecular complexity index is 145. The second-order valence-electron chi connectivity index (χ2n) is 1.81. The average molecular weight is 138 g/mol. The molecular formula is C8H14N2. The molecule has 0 aromatic carbocycles. The lowest BCUT2D eigenvalue weighted by Crippen LogP contribution is -2.09. The second-order valence-corrected chi connectivity index (χ2v) is 1.81. The number of aliphatic imine (C=N–C) groups is 1. The molecule has 0 rings (SSSR count). The van der Waals surface area contributed by atoms with Crippen LogP contribution in [0.5, 0.6) is 0 Å². The van der Waals surface area contributed by atoms with Gasteiger partial charge in [-0.05, 0) is 20.0 Å². The molecule has 56 valence electrons. The second kappa shape index (κ2) is 6.23. The van der Waals surface area contributed by atoms with Gasteiger partial charge in [0.15, 0.2) is 0 Å². The molecule has 0 radical (unpaired) electrons. The minimum atomic E-state index is 0.788. The predicted molar refractivity (Wildman–Crippen MR) is 46.4 cm³/mol. The van der Waals surface area contributed by atoms with Crippen LogP contribution in [0.1, 0.15) is 6.92 Å². The zero-order chi connectivity index (χ0) is 7.82. The molecule has 0 aliphatic heterocycles. The van der Waals surface area contributed by atoms with E-state index in [9.17, 15) is 0 Å². The molecule has 0 aliphatic carbocycles. The van der Waals surface area contributed by atoms with Crippen molar-refractivity contribution in [3.05, 3.63) is 24.4 Å². The summed E-state index contributed by atoms with van der Waals surface area (Å²) < 4.78 is 0. The Kier molecular flexibility index (Phi) is 5.68. The van der Waals surface area contributed by atoms with Crippen LogP contribution in [0.4, 0.5) is 0 Å². The first-order valence-electron chi connectivity index (χ1n) is 3.30. The quantitative estimate of drug-likeness (QED) is 0.460. The number of hydrogen-bond acceptors (Lipinski definition) is 2. The van der Waals surface area contributed by atoms with Gasteiger partial charge in [0, 0.05) is 12.8 Å². The third kappa shape index (κ3) is 4.04. The topological polar surface area (TPSA) is 24.4 Å². The Morgan fingerprint density at radius 3 is 2.80 bits per heavy atom. The zero-order valence-corrected chi connectivity index (χ0v) is 6.59. The Labute approximate surface area is 62.4 Å². The van der Waals surface area contributed by atoms with Crippen LogP contribution in [-0.2, 0) is 0 Å². The smallest absolute Gasteiger partial charge is 0.0537 e. The van der Waals surface area contributed by atoms with Gasteiger partial charge in [-0.25, -0.2) is 0 Å². The molecule has 0 amide bonds. The molecule has 10 heavy (non-hydrogen) atoms. The van der Waals surface area contributed by atoms with Crippen molar-refractivity contribution >= 4 is 6.21 Å². The lowest BCUT2D eigenvalue weighted by molar-refractivity contribution is 0.872. The number of nitrogens with one attached hydrogen (secondary N) is 1. The van der Waals surface area contributed by atoms with Crippen molar-refractivity contribution in [1.29, 1.82) is 0 Å². The number of likely N-dealkylation sites (N-methyl/N-ethyl adjacent to an activating group) is 1. The molecule has 0 aromatic rings. The van der Waals surface area contributed by atoms with E-state index in [1.807, 2.05) is 20.0 Å². The summed E-state index contributed by atoms with van der Waals surface area (Å²) in [5, 5.41) is 3.01. The van der Waals surface area contributed by atoms with Crippen molar-refractivity contribution in [1.82, 2.24) is 5.32 Å². The molecule has 0 bridgehead atoms. The largest absolute Gasteiger partial charge is 0.314 e. The highest BCUT2D eigenvalue weighted by molar-refractivity contribution is 5.55. The van der Waals surface area contributed by atoms with E-state index >= 15 is 0 Å². The molecule has 0 aliphatic rings. The van der Waals surface area contributed by atoms with Gasteiger partial charge in [0.1, 0.15) is 0 Å². The molecule has 0 saturated heterocycles. The van der Waals surface area contributed by atoms with Crippen LogP contribution in [0.15, 0.2) is 29.4 Å². The average Bonchev–Trinajstić information content (AvgIpc) is 1.90. The van der Waals surface area contributed by atoms with Gasteiger partial charge >= 0.3 is 0 Å². The first kappa shape index (κ1) is 9.11. The Balaban J connectivity index is 3.96. The third-order valence-electron chi connectivity index (χ3n) is 0.963. The molecule has 0 aromatic heterocycles. The maximum atomic E-state index is 4.11. The molecule has 0 saturated carbocycles. The van der Waals surface area contributed by atoms with Crippen LogP contribution in [0.25, 0.3) is 0 Å². The van der Waals surface area contributed by atoms with Crippen LogP contribution < -0.4 is 5.32 Å². The van der Waals surface area contributed by atoms with Crippen LogP contribution in [0, 0.1) is 0 Å². The van der Waals surface area contributed by atoms with Crippen molar-refractivity contribution in [3.63, 3.8) is 0 Å². The Morgan fingerprint density at radius 1 is 1.70 bits per heavy atom. The summed E-state index contributed by atoms with van der Waals surface area (Å²) in [5.41, 5.74) is 1.00. The van der Waals surface area contributed by atoms with Crippen molar-refractivity contribution in [2.24, 2.45) is 4.99 Å². The maximum absolute atomic E-state index is 4.11. The molecule has 0 atom stereocenters. The normalized spacial score (nSPS) is 12.4. The summed E-state index contributed by atoms with van der Waals surface area (Å²) in [4.78, 5) is 4.11. The predicted octanol–water partition coefficient (Wildman–Crippen LogP) is 1.37. The number of nitrogens with zero attached hydrogens (tertiary/aromatic N) is 1. The number of hydrogen-bond donors (Lipinski definition) is 1. The summed E-state index contributed by atoms with van der Waals surface area (Å²) >= 11 is 0. The summed E-state index contributed by atoms with van der Waals surface area (Å²) in [6, 6.07) is 0. The van der Waals surface area contributed by atoms with E-state index in [0.29, 0.717) is 0 Å². The summed E-state index contributed by atoms with van der Waals surface area (Å²) in [5.74, 6) is 0. The van der Waals surface area contributed by atoms with Gasteiger partial charge in [0.2, 0.25) is 0 Å². The lowest BCUT2D eigenvalue weighted by atomic mass is 10.4. The van der Waals surface area contributed by atoms with Crippen LogP contribution >= 0.6 is 0 Å². The molecule has 0 unspecified atom stereocenters. The van der Waals surface area contributed by atoms with E-state index in [-0.39, 0.29) is 0 Å². The lowest BCUT2D eigenvalue weighted by Gasteiger charge is -1.96. The fraction of sp³-hybridized carbons (Fsp3) is 0.375. The number of rotatable bonds is 4. The fourth-order valence-electron chi connectivity index (χ4n) is 0.631. The molecule has 1 N–H and O–H groups in total. The third-order valence-corrected chi connectivity index (χ3v) is 0.963.